The fraction of sp³-hybridized carbons (Fsp3) is 0.429. The number of likely N-dealkylation sites (tertiary alicyclic amines) is 1. The zero-order valence-corrected chi connectivity index (χ0v) is 15.1. The highest BCUT2D eigenvalue weighted by Crippen LogP contribution is 2.23. The molecule has 1 saturated heterocycles. The predicted molar refractivity (Wildman–Crippen MR) is 100 cm³/mol. The highest BCUT2D eigenvalue weighted by Gasteiger charge is 2.22. The fourth-order valence-corrected chi connectivity index (χ4v) is 3.82. The van der Waals surface area contributed by atoms with Gasteiger partial charge in [0, 0.05) is 38.6 Å². The second-order valence-electron chi connectivity index (χ2n) is 7.33. The number of benzene rings is 1. The number of pyridine rings is 1. The number of hydrogen-bond acceptors (Lipinski definition) is 3. The number of piperidine rings is 1. The van der Waals surface area contributed by atoms with Crippen LogP contribution in [0.4, 0.5) is 0 Å². The minimum Gasteiger partial charge on any atom is -0.348 e. The standard InChI is InChI=1S/C21H27N3O/c1-16-10-17(2)14-24(13-16)15-20-7-4-3-6-18(20)12-23-21(25)19-8-5-9-22-11-19/h3-9,11,16-17H,10,12-15H2,1-2H3,(H,23,25)/t16-,17-/m1/s1. The number of rotatable bonds is 5. The van der Waals surface area contributed by atoms with Gasteiger partial charge in [0.25, 0.3) is 5.91 Å². The van der Waals surface area contributed by atoms with Crippen LogP contribution in [0, 0.1) is 11.8 Å². The van der Waals surface area contributed by atoms with Crippen molar-refractivity contribution in [2.45, 2.75) is 33.4 Å². The van der Waals surface area contributed by atoms with Gasteiger partial charge < -0.3 is 5.32 Å². The quantitative estimate of drug-likeness (QED) is 0.908. The van der Waals surface area contributed by atoms with Gasteiger partial charge >= 0.3 is 0 Å². The maximum absolute atomic E-state index is 12.2. The lowest BCUT2D eigenvalue weighted by Gasteiger charge is -2.35. The molecule has 1 aliphatic heterocycles. The van der Waals surface area contributed by atoms with Crippen LogP contribution < -0.4 is 5.32 Å². The minimum absolute atomic E-state index is 0.0804. The Balaban J connectivity index is 1.64. The number of amides is 1. The van der Waals surface area contributed by atoms with Crippen LogP contribution in [0.25, 0.3) is 0 Å². The van der Waals surface area contributed by atoms with Crippen molar-refractivity contribution >= 4 is 5.91 Å². The van der Waals surface area contributed by atoms with Gasteiger partial charge in [0.05, 0.1) is 5.56 Å². The molecule has 4 heteroatoms. The summed E-state index contributed by atoms with van der Waals surface area (Å²) in [6.45, 7) is 8.48. The van der Waals surface area contributed by atoms with Gasteiger partial charge in [-0.05, 0) is 41.5 Å². The Hall–Kier alpha value is -2.20. The maximum Gasteiger partial charge on any atom is 0.253 e. The Morgan fingerprint density at radius 2 is 1.84 bits per heavy atom. The van der Waals surface area contributed by atoms with Crippen LogP contribution in [0.1, 0.15) is 41.8 Å². The summed E-state index contributed by atoms with van der Waals surface area (Å²) < 4.78 is 0. The molecule has 0 bridgehead atoms. The Morgan fingerprint density at radius 3 is 2.52 bits per heavy atom. The molecule has 4 nitrogen and oxygen atoms in total. The van der Waals surface area contributed by atoms with E-state index in [4.69, 9.17) is 0 Å². The predicted octanol–water partition coefficient (Wildman–Crippen LogP) is 3.49. The summed E-state index contributed by atoms with van der Waals surface area (Å²) in [5.41, 5.74) is 3.08. The summed E-state index contributed by atoms with van der Waals surface area (Å²) in [5.74, 6) is 1.42. The zero-order valence-electron chi connectivity index (χ0n) is 15.1. The van der Waals surface area contributed by atoms with Gasteiger partial charge in [-0.2, -0.15) is 0 Å². The molecule has 0 radical (unpaired) electrons. The third-order valence-corrected chi connectivity index (χ3v) is 4.82. The first-order chi connectivity index (χ1) is 12.1. The SMILES string of the molecule is C[C@@H]1C[C@@H](C)CN(Cc2ccccc2CNC(=O)c2cccnc2)C1. The van der Waals surface area contributed by atoms with Gasteiger partial charge in [-0.15, -0.1) is 0 Å². The van der Waals surface area contributed by atoms with E-state index in [0.717, 1.165) is 31.5 Å². The monoisotopic (exact) mass is 337 g/mol. The van der Waals surface area contributed by atoms with E-state index in [2.05, 4.69) is 47.2 Å². The lowest BCUT2D eigenvalue weighted by molar-refractivity contribution is 0.0950. The molecule has 1 amide bonds. The first-order valence-electron chi connectivity index (χ1n) is 9.09. The molecule has 3 rings (SSSR count). The van der Waals surface area contributed by atoms with Crippen molar-refractivity contribution < 1.29 is 4.79 Å². The van der Waals surface area contributed by atoms with E-state index in [0.29, 0.717) is 12.1 Å². The van der Waals surface area contributed by atoms with Crippen molar-refractivity contribution in [1.82, 2.24) is 15.2 Å². The fourth-order valence-electron chi connectivity index (χ4n) is 3.82. The topological polar surface area (TPSA) is 45.2 Å². The Bertz CT molecular complexity index is 691. The highest BCUT2D eigenvalue weighted by molar-refractivity contribution is 5.93. The average molecular weight is 337 g/mol. The van der Waals surface area contributed by atoms with Gasteiger partial charge in [-0.1, -0.05) is 38.1 Å². The second-order valence-corrected chi connectivity index (χ2v) is 7.33. The second kappa shape index (κ2) is 8.26. The molecule has 0 spiro atoms. The molecule has 25 heavy (non-hydrogen) atoms. The van der Waals surface area contributed by atoms with E-state index in [-0.39, 0.29) is 5.91 Å². The molecule has 1 fully saturated rings. The Kier molecular flexibility index (Phi) is 5.82. The zero-order chi connectivity index (χ0) is 17.6. The first kappa shape index (κ1) is 17.6. The molecule has 2 atom stereocenters. The molecule has 0 saturated carbocycles. The molecule has 1 aliphatic rings. The highest BCUT2D eigenvalue weighted by atomic mass is 16.1. The molecule has 0 unspecified atom stereocenters. The van der Waals surface area contributed by atoms with Crippen LogP contribution in [0.15, 0.2) is 48.8 Å². The third kappa shape index (κ3) is 4.89. The lowest BCUT2D eigenvalue weighted by Crippen LogP contribution is -2.38. The van der Waals surface area contributed by atoms with Crippen molar-refractivity contribution in [2.24, 2.45) is 11.8 Å². The summed E-state index contributed by atoms with van der Waals surface area (Å²) in [5, 5.41) is 3.01. The third-order valence-electron chi connectivity index (χ3n) is 4.82. The Labute approximate surface area is 150 Å². The number of aromatic nitrogens is 1. The molecular formula is C21H27N3O. The molecule has 1 N–H and O–H groups in total. The largest absolute Gasteiger partial charge is 0.348 e. The van der Waals surface area contributed by atoms with Gasteiger partial charge in [0.15, 0.2) is 0 Å². The van der Waals surface area contributed by atoms with Crippen LogP contribution in [0.3, 0.4) is 0 Å². The maximum atomic E-state index is 12.2. The lowest BCUT2D eigenvalue weighted by atomic mass is 9.91. The number of hydrogen-bond donors (Lipinski definition) is 1. The van der Waals surface area contributed by atoms with E-state index in [9.17, 15) is 4.79 Å². The van der Waals surface area contributed by atoms with Crippen LogP contribution in [0.5, 0.6) is 0 Å². The normalized spacial score (nSPS) is 21.0. The van der Waals surface area contributed by atoms with Gasteiger partial charge in [-0.3, -0.25) is 14.7 Å². The molecule has 132 valence electrons. The number of carbonyl (C=O) groups is 1. The van der Waals surface area contributed by atoms with E-state index in [1.165, 1.54) is 17.5 Å². The molecule has 2 aromatic rings. The summed E-state index contributed by atoms with van der Waals surface area (Å²) in [6.07, 6.45) is 4.59. The molecule has 2 heterocycles. The van der Waals surface area contributed by atoms with E-state index in [1.807, 2.05) is 6.07 Å². The van der Waals surface area contributed by atoms with Crippen molar-refractivity contribution in [3.05, 3.63) is 65.5 Å². The minimum atomic E-state index is -0.0804. The first-order valence-corrected chi connectivity index (χ1v) is 9.09. The molecule has 0 aliphatic carbocycles. The molecule has 1 aromatic carbocycles. The van der Waals surface area contributed by atoms with Crippen LogP contribution in [-0.4, -0.2) is 28.9 Å². The van der Waals surface area contributed by atoms with Crippen LogP contribution in [-0.2, 0) is 13.1 Å². The van der Waals surface area contributed by atoms with Crippen LogP contribution in [0.2, 0.25) is 0 Å². The summed E-state index contributed by atoms with van der Waals surface area (Å²) >= 11 is 0. The van der Waals surface area contributed by atoms with Crippen molar-refractivity contribution in [2.75, 3.05) is 13.1 Å². The van der Waals surface area contributed by atoms with Crippen molar-refractivity contribution in [1.29, 1.82) is 0 Å². The molecule has 1 aromatic heterocycles. The van der Waals surface area contributed by atoms with E-state index in [1.54, 1.807) is 24.5 Å². The molecular weight excluding hydrogens is 310 g/mol. The van der Waals surface area contributed by atoms with Crippen molar-refractivity contribution in [3.63, 3.8) is 0 Å². The number of nitrogens with zero attached hydrogens (tertiary/aromatic N) is 2. The van der Waals surface area contributed by atoms with Gasteiger partial charge in [0.2, 0.25) is 0 Å². The van der Waals surface area contributed by atoms with Gasteiger partial charge in [0.1, 0.15) is 0 Å². The summed E-state index contributed by atoms with van der Waals surface area (Å²) in [6, 6.07) is 12.0. The number of carbonyl (C=O) groups excluding carboxylic acids is 1. The summed E-state index contributed by atoms with van der Waals surface area (Å²) in [4.78, 5) is 18.8. The van der Waals surface area contributed by atoms with E-state index >= 15 is 0 Å². The van der Waals surface area contributed by atoms with Crippen LogP contribution >= 0.6 is 0 Å². The van der Waals surface area contributed by atoms with Crippen molar-refractivity contribution in [3.8, 4) is 0 Å². The number of nitrogens with one attached hydrogen (secondary N) is 1. The summed E-state index contributed by atoms with van der Waals surface area (Å²) in [7, 11) is 0. The Morgan fingerprint density at radius 1 is 1.12 bits per heavy atom. The smallest absolute Gasteiger partial charge is 0.253 e. The average Bonchev–Trinajstić information content (AvgIpc) is 2.60. The van der Waals surface area contributed by atoms with E-state index < -0.39 is 0 Å². The van der Waals surface area contributed by atoms with Gasteiger partial charge in [-0.25, -0.2) is 0 Å².